The number of aliphatic imine (C=N–C) groups is 1. The fourth-order valence-electron chi connectivity index (χ4n) is 1.92. The predicted molar refractivity (Wildman–Crippen MR) is 60.7 cm³/mol. The van der Waals surface area contributed by atoms with Crippen molar-refractivity contribution in [1.29, 1.82) is 0 Å². The molecule has 0 bridgehead atoms. The Morgan fingerprint density at radius 2 is 2.33 bits per heavy atom. The summed E-state index contributed by atoms with van der Waals surface area (Å²) in [6.45, 7) is 6.90. The van der Waals surface area contributed by atoms with Crippen molar-refractivity contribution in [2.24, 2.45) is 10.9 Å². The van der Waals surface area contributed by atoms with Crippen molar-refractivity contribution in [3.63, 3.8) is 0 Å². The summed E-state index contributed by atoms with van der Waals surface area (Å²) in [4.78, 5) is 18.0. The minimum absolute atomic E-state index is 0.224. The molecule has 1 atom stereocenters. The van der Waals surface area contributed by atoms with E-state index in [-0.39, 0.29) is 12.0 Å². The van der Waals surface area contributed by atoms with Gasteiger partial charge in [0.05, 0.1) is 6.04 Å². The first-order chi connectivity index (χ1) is 7.00. The summed E-state index contributed by atoms with van der Waals surface area (Å²) >= 11 is 1.29. The Labute approximate surface area is 93.1 Å². The summed E-state index contributed by atoms with van der Waals surface area (Å²) in [5, 5.41) is 9.94. The van der Waals surface area contributed by atoms with E-state index in [0.29, 0.717) is 4.91 Å². The van der Waals surface area contributed by atoms with E-state index in [1.54, 1.807) is 0 Å². The second-order valence-corrected chi connectivity index (χ2v) is 5.13. The number of allylic oxidation sites excluding steroid dienone is 1. The maximum atomic E-state index is 11.1. The van der Waals surface area contributed by atoms with Crippen LogP contribution in [0.5, 0.6) is 0 Å². The van der Waals surface area contributed by atoms with Crippen LogP contribution in [0.15, 0.2) is 15.6 Å². The van der Waals surface area contributed by atoms with Crippen LogP contribution in [0.25, 0.3) is 0 Å². The summed E-state index contributed by atoms with van der Waals surface area (Å²) in [6.07, 6.45) is 0. The van der Waals surface area contributed by atoms with E-state index in [4.69, 9.17) is 5.11 Å². The lowest BCUT2D eigenvalue weighted by molar-refractivity contribution is -0.131. The van der Waals surface area contributed by atoms with Crippen LogP contribution < -0.4 is 0 Å². The SMILES string of the molecule is CC1CN2C(=N1)SC(C(=O)O)=C2C(C)C. The second-order valence-electron chi connectivity index (χ2n) is 4.15. The van der Waals surface area contributed by atoms with Gasteiger partial charge in [-0.15, -0.1) is 0 Å². The van der Waals surface area contributed by atoms with Crippen molar-refractivity contribution in [3.8, 4) is 0 Å². The third kappa shape index (κ3) is 1.65. The molecule has 1 unspecified atom stereocenters. The number of nitrogens with zero attached hydrogens (tertiary/aromatic N) is 2. The van der Waals surface area contributed by atoms with Gasteiger partial charge in [0.15, 0.2) is 5.17 Å². The number of aliphatic carboxylic acids is 1. The molecule has 2 aliphatic rings. The highest BCUT2D eigenvalue weighted by molar-refractivity contribution is 8.18. The molecule has 0 aromatic carbocycles. The van der Waals surface area contributed by atoms with Crippen LogP contribution in [-0.2, 0) is 4.79 Å². The molecule has 0 aromatic rings. The molecule has 15 heavy (non-hydrogen) atoms. The Balaban J connectivity index is 2.37. The average molecular weight is 226 g/mol. The van der Waals surface area contributed by atoms with Crippen molar-refractivity contribution in [2.45, 2.75) is 26.8 Å². The Hall–Kier alpha value is -0.970. The van der Waals surface area contributed by atoms with Crippen molar-refractivity contribution in [3.05, 3.63) is 10.6 Å². The van der Waals surface area contributed by atoms with Gasteiger partial charge in [-0.2, -0.15) is 0 Å². The molecule has 2 aliphatic heterocycles. The molecule has 82 valence electrons. The van der Waals surface area contributed by atoms with Crippen LogP contribution in [-0.4, -0.2) is 33.7 Å². The van der Waals surface area contributed by atoms with Crippen LogP contribution in [0, 0.1) is 5.92 Å². The molecule has 0 spiro atoms. The number of thioether (sulfide) groups is 1. The number of fused-ring (bicyclic) bond motifs is 1. The molecule has 0 fully saturated rings. The van der Waals surface area contributed by atoms with Gasteiger partial charge in [-0.1, -0.05) is 13.8 Å². The number of carboxylic acid groups (broad SMARTS) is 1. The molecule has 2 heterocycles. The largest absolute Gasteiger partial charge is 0.477 e. The van der Waals surface area contributed by atoms with E-state index in [9.17, 15) is 4.79 Å². The van der Waals surface area contributed by atoms with E-state index < -0.39 is 5.97 Å². The summed E-state index contributed by atoms with van der Waals surface area (Å²) in [6, 6.07) is 0.275. The molecule has 0 amide bonds. The quantitative estimate of drug-likeness (QED) is 0.779. The zero-order chi connectivity index (χ0) is 11.2. The molecular formula is C10H14N2O2S. The first-order valence-electron chi connectivity index (χ1n) is 5.01. The maximum Gasteiger partial charge on any atom is 0.344 e. The van der Waals surface area contributed by atoms with Crippen molar-refractivity contribution in [2.75, 3.05) is 6.54 Å². The molecule has 4 nitrogen and oxygen atoms in total. The number of hydrogen-bond donors (Lipinski definition) is 1. The zero-order valence-corrected chi connectivity index (χ0v) is 9.84. The maximum absolute atomic E-state index is 11.1. The second kappa shape index (κ2) is 3.56. The average Bonchev–Trinajstić information content (AvgIpc) is 2.58. The zero-order valence-electron chi connectivity index (χ0n) is 9.02. The molecule has 0 saturated heterocycles. The minimum atomic E-state index is -0.839. The summed E-state index contributed by atoms with van der Waals surface area (Å²) in [7, 11) is 0. The lowest BCUT2D eigenvalue weighted by Gasteiger charge is -2.20. The van der Waals surface area contributed by atoms with Gasteiger partial charge in [-0.05, 0) is 24.6 Å². The highest BCUT2D eigenvalue weighted by Crippen LogP contribution is 2.40. The highest BCUT2D eigenvalue weighted by Gasteiger charge is 2.38. The van der Waals surface area contributed by atoms with Gasteiger partial charge in [0.1, 0.15) is 4.91 Å². The van der Waals surface area contributed by atoms with Crippen LogP contribution >= 0.6 is 11.8 Å². The Morgan fingerprint density at radius 3 is 2.87 bits per heavy atom. The summed E-state index contributed by atoms with van der Waals surface area (Å²) in [5.74, 6) is -0.616. The lowest BCUT2D eigenvalue weighted by atomic mass is 10.1. The fourth-order valence-corrected chi connectivity index (χ4v) is 3.15. The van der Waals surface area contributed by atoms with E-state index in [0.717, 1.165) is 17.4 Å². The topological polar surface area (TPSA) is 52.9 Å². The van der Waals surface area contributed by atoms with E-state index in [1.807, 2.05) is 25.7 Å². The van der Waals surface area contributed by atoms with E-state index >= 15 is 0 Å². The number of hydrogen-bond acceptors (Lipinski definition) is 4. The summed E-state index contributed by atoms with van der Waals surface area (Å²) in [5.41, 5.74) is 0.913. The van der Waals surface area contributed by atoms with Crippen molar-refractivity contribution >= 4 is 22.9 Å². The normalized spacial score (nSPS) is 24.9. The number of carboxylic acids is 1. The van der Waals surface area contributed by atoms with Crippen molar-refractivity contribution < 1.29 is 9.90 Å². The molecule has 5 heteroatoms. The first kappa shape index (κ1) is 10.5. The van der Waals surface area contributed by atoms with Crippen molar-refractivity contribution in [1.82, 2.24) is 4.90 Å². The Kier molecular flexibility index (Phi) is 2.50. The van der Waals surface area contributed by atoms with Gasteiger partial charge in [-0.3, -0.25) is 4.99 Å². The molecule has 1 N–H and O–H groups in total. The number of carbonyl (C=O) groups is 1. The third-order valence-corrected chi connectivity index (χ3v) is 3.56. The van der Waals surface area contributed by atoms with Gasteiger partial charge < -0.3 is 10.0 Å². The molecule has 2 rings (SSSR count). The van der Waals surface area contributed by atoms with Crippen LogP contribution in [0.3, 0.4) is 0 Å². The smallest absolute Gasteiger partial charge is 0.344 e. The predicted octanol–water partition coefficient (Wildman–Crippen LogP) is 1.75. The fraction of sp³-hybridized carbons (Fsp3) is 0.600. The number of rotatable bonds is 2. The van der Waals surface area contributed by atoms with Gasteiger partial charge in [-0.25, -0.2) is 4.79 Å². The molecule has 0 aromatic heterocycles. The highest BCUT2D eigenvalue weighted by atomic mass is 32.2. The Morgan fingerprint density at radius 1 is 1.67 bits per heavy atom. The molecule has 0 aliphatic carbocycles. The molecule has 0 radical (unpaired) electrons. The van der Waals surface area contributed by atoms with Crippen LogP contribution in [0.2, 0.25) is 0 Å². The van der Waals surface area contributed by atoms with Gasteiger partial charge >= 0.3 is 5.97 Å². The van der Waals surface area contributed by atoms with Crippen LogP contribution in [0.4, 0.5) is 0 Å². The first-order valence-corrected chi connectivity index (χ1v) is 5.83. The molecule has 0 saturated carbocycles. The van der Waals surface area contributed by atoms with Crippen LogP contribution in [0.1, 0.15) is 20.8 Å². The van der Waals surface area contributed by atoms with E-state index in [2.05, 4.69) is 4.99 Å². The van der Waals surface area contributed by atoms with Gasteiger partial charge in [0, 0.05) is 12.2 Å². The Bertz CT molecular complexity index is 374. The molecular weight excluding hydrogens is 212 g/mol. The van der Waals surface area contributed by atoms with Gasteiger partial charge in [0.25, 0.3) is 0 Å². The van der Waals surface area contributed by atoms with Gasteiger partial charge in [0.2, 0.25) is 0 Å². The number of amidine groups is 1. The monoisotopic (exact) mass is 226 g/mol. The third-order valence-electron chi connectivity index (χ3n) is 2.47. The lowest BCUT2D eigenvalue weighted by Crippen LogP contribution is -2.26. The standard InChI is InChI=1S/C10H14N2O2S/c1-5(2)7-8(9(13)14)15-10-11-6(3)4-12(7)10/h5-6H,4H2,1-3H3,(H,13,14). The minimum Gasteiger partial charge on any atom is -0.477 e. The van der Waals surface area contributed by atoms with E-state index in [1.165, 1.54) is 11.8 Å². The summed E-state index contributed by atoms with van der Waals surface area (Å²) < 4.78 is 0.